The van der Waals surface area contributed by atoms with Crippen LogP contribution in [0.4, 0.5) is 0 Å². The molecular weight excluding hydrogens is 191 g/mol. The average Bonchev–Trinajstić information content (AvgIpc) is 2.39. The van der Waals surface area contributed by atoms with Crippen molar-refractivity contribution in [1.29, 1.82) is 0 Å². The Morgan fingerprint density at radius 3 is 2.14 bits per heavy atom. The highest BCUT2D eigenvalue weighted by Gasteiger charge is 2.22. The summed E-state index contributed by atoms with van der Waals surface area (Å²) in [6, 6.07) is 0. The predicted octanol–water partition coefficient (Wildman–Crippen LogP) is 4.50. The quantitative estimate of drug-likeness (QED) is 0.488. The first-order valence-electron chi connectivity index (χ1n) is 6.34. The van der Waals surface area contributed by atoms with Crippen LogP contribution in [0.25, 0.3) is 0 Å². The molecule has 1 rings (SSSR count). The third-order valence-corrected chi connectivity index (χ3v) is 6.69. The molecule has 0 N–H and O–H groups in total. The number of hydrogen-bond donors (Lipinski definition) is 0. The Balaban J connectivity index is 2.21. The van der Waals surface area contributed by atoms with Gasteiger partial charge in [-0.1, -0.05) is 39.0 Å². The van der Waals surface area contributed by atoms with Gasteiger partial charge in [0.2, 0.25) is 0 Å². The maximum Gasteiger partial charge on any atom is 0.0877 e. The molecule has 2 heteroatoms. The summed E-state index contributed by atoms with van der Waals surface area (Å²) in [6.45, 7) is 2.23. The molecule has 1 aliphatic heterocycles. The van der Waals surface area contributed by atoms with Crippen LogP contribution in [0.3, 0.4) is 0 Å². The van der Waals surface area contributed by atoms with Gasteiger partial charge in [0.05, 0.1) is 7.14 Å². The van der Waals surface area contributed by atoms with Gasteiger partial charge in [0.25, 0.3) is 0 Å². The molecule has 1 heterocycles. The van der Waals surface area contributed by atoms with E-state index in [0.717, 1.165) is 18.5 Å². The Bertz CT molecular complexity index is 177. The zero-order chi connectivity index (χ0) is 10.3. The molecule has 0 amide bonds. The van der Waals surface area contributed by atoms with Crippen LogP contribution in [-0.4, -0.2) is 18.5 Å². The number of hydrogen-bond acceptors (Lipinski definition) is 1. The first kappa shape index (κ1) is 12.3. The van der Waals surface area contributed by atoms with Crippen LogP contribution in [-0.2, 0) is 4.57 Å². The third-order valence-electron chi connectivity index (χ3n) is 3.30. The van der Waals surface area contributed by atoms with Gasteiger partial charge in [-0.05, 0) is 19.3 Å². The molecule has 84 valence electrons. The van der Waals surface area contributed by atoms with Gasteiger partial charge in [-0.15, -0.1) is 0 Å². The summed E-state index contributed by atoms with van der Waals surface area (Å²) < 4.78 is 12.4. The third kappa shape index (κ3) is 4.64. The van der Waals surface area contributed by atoms with Crippen molar-refractivity contribution in [2.24, 2.45) is 0 Å². The lowest BCUT2D eigenvalue weighted by molar-refractivity contribution is 0.569. The van der Waals surface area contributed by atoms with Crippen LogP contribution in [0.2, 0.25) is 0 Å². The van der Waals surface area contributed by atoms with E-state index in [9.17, 15) is 4.57 Å². The lowest BCUT2D eigenvalue weighted by Gasteiger charge is -2.15. The van der Waals surface area contributed by atoms with E-state index in [-0.39, 0.29) is 0 Å². The first-order chi connectivity index (χ1) is 6.77. The molecule has 1 aliphatic rings. The summed E-state index contributed by atoms with van der Waals surface area (Å²) in [5.41, 5.74) is 0. The van der Waals surface area contributed by atoms with E-state index in [0.29, 0.717) is 0 Å². The van der Waals surface area contributed by atoms with Crippen molar-refractivity contribution >= 4 is 7.14 Å². The first-order valence-corrected chi connectivity index (χ1v) is 8.60. The van der Waals surface area contributed by atoms with Crippen LogP contribution in [0.15, 0.2) is 0 Å². The van der Waals surface area contributed by atoms with Gasteiger partial charge >= 0.3 is 0 Å². The van der Waals surface area contributed by atoms with E-state index in [2.05, 4.69) is 6.92 Å². The predicted molar refractivity (Wildman–Crippen MR) is 64.8 cm³/mol. The highest BCUT2D eigenvalue weighted by molar-refractivity contribution is 7.63. The molecule has 0 aromatic rings. The summed E-state index contributed by atoms with van der Waals surface area (Å²) in [5, 5.41) is 0. The maximum atomic E-state index is 12.4. The Labute approximate surface area is 89.0 Å². The molecule has 0 aromatic heterocycles. The van der Waals surface area contributed by atoms with Gasteiger partial charge in [-0.25, -0.2) is 0 Å². The van der Waals surface area contributed by atoms with E-state index in [1.165, 1.54) is 51.4 Å². The van der Waals surface area contributed by atoms with Crippen LogP contribution in [0.5, 0.6) is 0 Å². The Hall–Kier alpha value is 0.230. The maximum absolute atomic E-state index is 12.4. The second-order valence-corrected chi connectivity index (χ2v) is 8.16. The summed E-state index contributed by atoms with van der Waals surface area (Å²) in [4.78, 5) is 0. The van der Waals surface area contributed by atoms with E-state index in [4.69, 9.17) is 0 Å². The lowest BCUT2D eigenvalue weighted by atomic mass is 10.2. The number of rotatable bonds is 5. The zero-order valence-electron chi connectivity index (χ0n) is 9.63. The molecule has 1 fully saturated rings. The Morgan fingerprint density at radius 1 is 0.929 bits per heavy atom. The van der Waals surface area contributed by atoms with Gasteiger partial charge in [0, 0.05) is 18.5 Å². The smallest absolute Gasteiger partial charge is 0.0877 e. The van der Waals surface area contributed by atoms with Crippen LogP contribution >= 0.6 is 7.14 Å². The monoisotopic (exact) mass is 216 g/mol. The molecule has 0 spiro atoms. The van der Waals surface area contributed by atoms with E-state index >= 15 is 0 Å². The molecule has 0 atom stereocenters. The van der Waals surface area contributed by atoms with Crippen LogP contribution < -0.4 is 0 Å². The molecule has 1 nitrogen and oxygen atoms in total. The van der Waals surface area contributed by atoms with Gasteiger partial charge in [-0.2, -0.15) is 0 Å². The summed E-state index contributed by atoms with van der Waals surface area (Å²) in [6.07, 6.45) is 13.4. The fourth-order valence-corrected chi connectivity index (χ4v) is 5.39. The minimum Gasteiger partial charge on any atom is -0.324 e. The van der Waals surface area contributed by atoms with Gasteiger partial charge in [0.15, 0.2) is 0 Å². The normalized spacial score (nSPS) is 21.8. The second-order valence-electron chi connectivity index (χ2n) is 4.70. The topological polar surface area (TPSA) is 17.1 Å². The average molecular weight is 216 g/mol. The van der Waals surface area contributed by atoms with Gasteiger partial charge in [0.1, 0.15) is 0 Å². The Morgan fingerprint density at radius 2 is 1.57 bits per heavy atom. The van der Waals surface area contributed by atoms with Crippen molar-refractivity contribution in [2.75, 3.05) is 18.5 Å². The Kier molecular flexibility index (Phi) is 5.86. The molecule has 0 aliphatic carbocycles. The van der Waals surface area contributed by atoms with Crippen molar-refractivity contribution in [3.05, 3.63) is 0 Å². The van der Waals surface area contributed by atoms with E-state index in [1.54, 1.807) is 0 Å². The van der Waals surface area contributed by atoms with Crippen LogP contribution in [0, 0.1) is 0 Å². The largest absolute Gasteiger partial charge is 0.324 e. The SMILES string of the molecule is CCCCCCP1(=O)CCCCCC1. The minimum atomic E-state index is -1.70. The molecule has 0 saturated carbocycles. The second kappa shape index (κ2) is 6.67. The fourth-order valence-electron chi connectivity index (χ4n) is 2.32. The highest BCUT2D eigenvalue weighted by Crippen LogP contribution is 2.49. The molecular formula is C12H25OP. The van der Waals surface area contributed by atoms with Crippen molar-refractivity contribution < 1.29 is 4.57 Å². The highest BCUT2D eigenvalue weighted by atomic mass is 31.2. The standard InChI is InChI=1S/C12H25OP/c1-2-3-4-7-10-14(13)11-8-5-6-9-12-14/h2-12H2,1H3. The van der Waals surface area contributed by atoms with Crippen molar-refractivity contribution in [3.8, 4) is 0 Å². The number of unbranched alkanes of at least 4 members (excludes halogenated alkanes) is 3. The van der Waals surface area contributed by atoms with Crippen LogP contribution in [0.1, 0.15) is 58.3 Å². The van der Waals surface area contributed by atoms with Crippen molar-refractivity contribution in [1.82, 2.24) is 0 Å². The zero-order valence-corrected chi connectivity index (χ0v) is 10.5. The van der Waals surface area contributed by atoms with Gasteiger partial charge < -0.3 is 4.57 Å². The summed E-state index contributed by atoms with van der Waals surface area (Å²) in [7, 11) is -1.70. The van der Waals surface area contributed by atoms with E-state index < -0.39 is 7.14 Å². The molecule has 0 radical (unpaired) electrons. The molecule has 1 saturated heterocycles. The van der Waals surface area contributed by atoms with Crippen molar-refractivity contribution in [2.45, 2.75) is 58.3 Å². The summed E-state index contributed by atoms with van der Waals surface area (Å²) in [5.74, 6) is 0. The minimum absolute atomic E-state index is 1.05. The molecule has 0 aromatic carbocycles. The van der Waals surface area contributed by atoms with Gasteiger partial charge in [-0.3, -0.25) is 0 Å². The molecule has 0 unspecified atom stereocenters. The summed E-state index contributed by atoms with van der Waals surface area (Å²) >= 11 is 0. The lowest BCUT2D eigenvalue weighted by Crippen LogP contribution is -1.98. The molecule has 14 heavy (non-hydrogen) atoms. The fraction of sp³-hybridized carbons (Fsp3) is 1.00. The molecule has 0 bridgehead atoms. The van der Waals surface area contributed by atoms with Crippen molar-refractivity contribution in [3.63, 3.8) is 0 Å². The van der Waals surface area contributed by atoms with E-state index in [1.807, 2.05) is 0 Å².